The minimum atomic E-state index is -0.443. The SMILES string of the molecule is CCCCC1OC=NC1C(=O)OCC. The van der Waals surface area contributed by atoms with Crippen LogP contribution in [0.5, 0.6) is 0 Å². The fourth-order valence-corrected chi connectivity index (χ4v) is 1.42. The second-order valence-corrected chi connectivity index (χ2v) is 3.27. The van der Waals surface area contributed by atoms with E-state index >= 15 is 0 Å². The standard InChI is InChI=1S/C10H17NO3/c1-3-5-6-8-9(11-7-14-8)10(12)13-4-2/h7-9H,3-6H2,1-2H3. The van der Waals surface area contributed by atoms with Crippen LogP contribution in [0.1, 0.15) is 33.1 Å². The van der Waals surface area contributed by atoms with Crippen molar-refractivity contribution >= 4 is 12.4 Å². The largest absolute Gasteiger partial charge is 0.477 e. The number of ether oxygens (including phenoxy) is 2. The van der Waals surface area contributed by atoms with E-state index in [1.807, 2.05) is 0 Å². The predicted molar refractivity (Wildman–Crippen MR) is 53.3 cm³/mol. The molecule has 80 valence electrons. The number of hydrogen-bond acceptors (Lipinski definition) is 4. The summed E-state index contributed by atoms with van der Waals surface area (Å²) in [7, 11) is 0. The van der Waals surface area contributed by atoms with E-state index in [0.29, 0.717) is 6.61 Å². The summed E-state index contributed by atoms with van der Waals surface area (Å²) < 4.78 is 10.1. The second-order valence-electron chi connectivity index (χ2n) is 3.27. The zero-order chi connectivity index (χ0) is 10.4. The first-order valence-electron chi connectivity index (χ1n) is 5.13. The monoisotopic (exact) mass is 199 g/mol. The molecule has 0 amide bonds. The quantitative estimate of drug-likeness (QED) is 0.631. The Morgan fingerprint density at radius 2 is 2.36 bits per heavy atom. The molecule has 0 saturated heterocycles. The fourth-order valence-electron chi connectivity index (χ4n) is 1.42. The van der Waals surface area contributed by atoms with E-state index in [4.69, 9.17) is 9.47 Å². The maximum Gasteiger partial charge on any atom is 0.334 e. The van der Waals surface area contributed by atoms with Gasteiger partial charge in [-0.3, -0.25) is 0 Å². The maximum atomic E-state index is 11.4. The normalized spacial score (nSPS) is 24.7. The minimum absolute atomic E-state index is 0.117. The van der Waals surface area contributed by atoms with E-state index in [1.165, 1.54) is 6.40 Å². The lowest BCUT2D eigenvalue weighted by Crippen LogP contribution is -2.31. The molecule has 1 heterocycles. The molecule has 2 atom stereocenters. The van der Waals surface area contributed by atoms with Crippen LogP contribution in [0.15, 0.2) is 4.99 Å². The van der Waals surface area contributed by atoms with E-state index < -0.39 is 6.04 Å². The number of rotatable bonds is 5. The lowest BCUT2D eigenvalue weighted by Gasteiger charge is -2.15. The summed E-state index contributed by atoms with van der Waals surface area (Å²) in [6, 6.07) is -0.443. The van der Waals surface area contributed by atoms with E-state index in [-0.39, 0.29) is 12.1 Å². The lowest BCUT2D eigenvalue weighted by molar-refractivity contribution is -0.146. The molecule has 0 aliphatic carbocycles. The molecule has 0 radical (unpaired) electrons. The van der Waals surface area contributed by atoms with E-state index in [9.17, 15) is 4.79 Å². The van der Waals surface area contributed by atoms with Crippen molar-refractivity contribution in [3.63, 3.8) is 0 Å². The topological polar surface area (TPSA) is 47.9 Å². The average Bonchev–Trinajstić information content (AvgIpc) is 2.63. The summed E-state index contributed by atoms with van der Waals surface area (Å²) in [6.07, 6.45) is 4.25. The third kappa shape index (κ3) is 2.72. The third-order valence-electron chi connectivity index (χ3n) is 2.18. The van der Waals surface area contributed by atoms with Crippen LogP contribution < -0.4 is 0 Å². The van der Waals surface area contributed by atoms with E-state index in [0.717, 1.165) is 19.3 Å². The molecule has 0 fully saturated rings. The van der Waals surface area contributed by atoms with Crippen LogP contribution in [-0.2, 0) is 14.3 Å². The molecule has 14 heavy (non-hydrogen) atoms. The van der Waals surface area contributed by atoms with Gasteiger partial charge in [0.15, 0.2) is 12.4 Å². The highest BCUT2D eigenvalue weighted by Gasteiger charge is 2.32. The van der Waals surface area contributed by atoms with Gasteiger partial charge in [0.1, 0.15) is 6.10 Å². The highest BCUT2D eigenvalue weighted by atomic mass is 16.5. The summed E-state index contributed by atoms with van der Waals surface area (Å²) in [6.45, 7) is 4.29. The van der Waals surface area contributed by atoms with E-state index in [1.54, 1.807) is 6.92 Å². The Morgan fingerprint density at radius 3 is 3.00 bits per heavy atom. The Bertz CT molecular complexity index is 215. The molecule has 0 N–H and O–H groups in total. The number of hydrogen-bond donors (Lipinski definition) is 0. The molecule has 0 saturated carbocycles. The molecule has 1 aliphatic rings. The first-order chi connectivity index (χ1) is 6.79. The number of carbonyl (C=O) groups is 1. The van der Waals surface area contributed by atoms with Crippen LogP contribution in [0, 0.1) is 0 Å². The Hall–Kier alpha value is -1.06. The Labute approximate surface area is 84.3 Å². The zero-order valence-electron chi connectivity index (χ0n) is 8.73. The van der Waals surface area contributed by atoms with Crippen molar-refractivity contribution in [2.45, 2.75) is 45.3 Å². The molecule has 0 aromatic heterocycles. The van der Waals surface area contributed by atoms with Crippen molar-refractivity contribution in [2.75, 3.05) is 6.61 Å². The summed E-state index contributed by atoms with van der Waals surface area (Å²) in [5, 5.41) is 0. The van der Waals surface area contributed by atoms with Crippen molar-refractivity contribution in [1.82, 2.24) is 0 Å². The van der Waals surface area contributed by atoms with Crippen LogP contribution in [0.25, 0.3) is 0 Å². The van der Waals surface area contributed by atoms with Gasteiger partial charge in [0.25, 0.3) is 0 Å². The van der Waals surface area contributed by atoms with Crippen LogP contribution >= 0.6 is 0 Å². The Kier molecular flexibility index (Phi) is 4.43. The predicted octanol–water partition coefficient (Wildman–Crippen LogP) is 1.54. The molecule has 0 aromatic carbocycles. The number of nitrogens with zero attached hydrogens (tertiary/aromatic N) is 1. The van der Waals surface area contributed by atoms with Gasteiger partial charge in [-0.2, -0.15) is 0 Å². The summed E-state index contributed by atoms with van der Waals surface area (Å²) in [5.74, 6) is -0.276. The van der Waals surface area contributed by atoms with Crippen molar-refractivity contribution in [2.24, 2.45) is 4.99 Å². The second kappa shape index (κ2) is 5.62. The fraction of sp³-hybridized carbons (Fsp3) is 0.800. The summed E-state index contributed by atoms with van der Waals surface area (Å²) >= 11 is 0. The summed E-state index contributed by atoms with van der Waals surface area (Å²) in [4.78, 5) is 15.4. The minimum Gasteiger partial charge on any atom is -0.477 e. The molecule has 2 unspecified atom stereocenters. The average molecular weight is 199 g/mol. The molecule has 0 spiro atoms. The van der Waals surface area contributed by atoms with Crippen molar-refractivity contribution in [1.29, 1.82) is 0 Å². The van der Waals surface area contributed by atoms with Gasteiger partial charge in [-0.15, -0.1) is 0 Å². The van der Waals surface area contributed by atoms with Gasteiger partial charge in [-0.05, 0) is 19.8 Å². The molecule has 0 aromatic rings. The molecule has 1 aliphatic heterocycles. The van der Waals surface area contributed by atoms with Crippen LogP contribution in [0.3, 0.4) is 0 Å². The zero-order valence-corrected chi connectivity index (χ0v) is 8.73. The third-order valence-corrected chi connectivity index (χ3v) is 2.18. The maximum absolute atomic E-state index is 11.4. The summed E-state index contributed by atoms with van der Waals surface area (Å²) in [5.41, 5.74) is 0. The highest BCUT2D eigenvalue weighted by Crippen LogP contribution is 2.17. The van der Waals surface area contributed by atoms with Crippen molar-refractivity contribution < 1.29 is 14.3 Å². The van der Waals surface area contributed by atoms with E-state index in [2.05, 4.69) is 11.9 Å². The molecule has 1 rings (SSSR count). The van der Waals surface area contributed by atoms with Gasteiger partial charge in [0, 0.05) is 0 Å². The van der Waals surface area contributed by atoms with Crippen LogP contribution in [-0.4, -0.2) is 31.1 Å². The highest BCUT2D eigenvalue weighted by molar-refractivity contribution is 5.79. The molecule has 0 bridgehead atoms. The van der Waals surface area contributed by atoms with Gasteiger partial charge in [0.2, 0.25) is 0 Å². The van der Waals surface area contributed by atoms with Gasteiger partial charge in [-0.1, -0.05) is 13.3 Å². The first kappa shape index (κ1) is 11.0. The Morgan fingerprint density at radius 1 is 1.57 bits per heavy atom. The van der Waals surface area contributed by atoms with Crippen molar-refractivity contribution in [3.05, 3.63) is 0 Å². The molecular formula is C10H17NO3. The van der Waals surface area contributed by atoms with Crippen LogP contribution in [0.4, 0.5) is 0 Å². The smallest absolute Gasteiger partial charge is 0.334 e. The van der Waals surface area contributed by atoms with Gasteiger partial charge >= 0.3 is 5.97 Å². The molecular weight excluding hydrogens is 182 g/mol. The van der Waals surface area contributed by atoms with Gasteiger partial charge < -0.3 is 9.47 Å². The molecule has 4 heteroatoms. The number of carbonyl (C=O) groups excluding carboxylic acids is 1. The van der Waals surface area contributed by atoms with Crippen molar-refractivity contribution in [3.8, 4) is 0 Å². The lowest BCUT2D eigenvalue weighted by atomic mass is 10.1. The Balaban J connectivity index is 2.41. The number of aliphatic imine (C=N–C) groups is 1. The molecule has 4 nitrogen and oxygen atoms in total. The van der Waals surface area contributed by atoms with Gasteiger partial charge in [0.05, 0.1) is 6.61 Å². The number of unbranched alkanes of at least 4 members (excludes halogenated alkanes) is 1. The van der Waals surface area contributed by atoms with Crippen LogP contribution in [0.2, 0.25) is 0 Å². The number of esters is 1. The van der Waals surface area contributed by atoms with Gasteiger partial charge in [-0.25, -0.2) is 9.79 Å². The first-order valence-corrected chi connectivity index (χ1v) is 5.13.